The normalized spacial score (nSPS) is 12.9. The zero-order chi connectivity index (χ0) is 16.0. The van der Waals surface area contributed by atoms with Crippen molar-refractivity contribution >= 4 is 7.60 Å². The zero-order valence-electron chi connectivity index (χ0n) is 12.6. The standard InChI is InChI=1S/C17H21O4P/c1-2-8-14-9-6-7-10-15(14)13-17(22(18,19)20)21-16-11-4-3-5-12-16/h3-7,9-12,17H,2,8,13H2,1H3,(H2,18,19,20). The van der Waals surface area contributed by atoms with E-state index in [4.69, 9.17) is 4.74 Å². The van der Waals surface area contributed by atoms with Gasteiger partial charge < -0.3 is 14.5 Å². The summed E-state index contributed by atoms with van der Waals surface area (Å²) >= 11 is 0. The molecular formula is C17H21O4P. The second kappa shape index (κ2) is 7.59. The Bertz CT molecular complexity index is 636. The molecule has 0 aliphatic carbocycles. The molecule has 0 spiro atoms. The van der Waals surface area contributed by atoms with Crippen molar-refractivity contribution in [3.05, 3.63) is 65.7 Å². The molecule has 0 fully saturated rings. The monoisotopic (exact) mass is 320 g/mol. The minimum Gasteiger partial charge on any atom is -0.477 e. The predicted molar refractivity (Wildman–Crippen MR) is 87.0 cm³/mol. The highest BCUT2D eigenvalue weighted by atomic mass is 31.2. The molecule has 118 valence electrons. The fourth-order valence-corrected chi connectivity index (χ4v) is 3.04. The molecule has 1 atom stereocenters. The fraction of sp³-hybridized carbons (Fsp3) is 0.294. The summed E-state index contributed by atoms with van der Waals surface area (Å²) in [5.41, 5.74) is 2.04. The van der Waals surface area contributed by atoms with Gasteiger partial charge in [0.2, 0.25) is 5.85 Å². The second-order valence-corrected chi connectivity index (χ2v) is 6.95. The first-order chi connectivity index (χ1) is 10.5. The Hall–Kier alpha value is -1.61. The number of para-hydroxylation sites is 1. The molecule has 4 nitrogen and oxygen atoms in total. The van der Waals surface area contributed by atoms with Gasteiger partial charge in [0.15, 0.2) is 0 Å². The van der Waals surface area contributed by atoms with Gasteiger partial charge in [0.05, 0.1) is 0 Å². The summed E-state index contributed by atoms with van der Waals surface area (Å²) in [7, 11) is -4.37. The van der Waals surface area contributed by atoms with E-state index in [1.807, 2.05) is 30.3 Å². The van der Waals surface area contributed by atoms with Gasteiger partial charge in [-0.1, -0.05) is 55.8 Å². The van der Waals surface area contributed by atoms with E-state index in [0.29, 0.717) is 5.75 Å². The number of hydrogen-bond donors (Lipinski definition) is 2. The van der Waals surface area contributed by atoms with Crippen molar-refractivity contribution in [1.82, 2.24) is 0 Å². The minimum atomic E-state index is -4.37. The molecular weight excluding hydrogens is 299 g/mol. The highest BCUT2D eigenvalue weighted by molar-refractivity contribution is 7.52. The van der Waals surface area contributed by atoms with E-state index in [-0.39, 0.29) is 6.42 Å². The minimum absolute atomic E-state index is 0.190. The van der Waals surface area contributed by atoms with Gasteiger partial charge in [0.25, 0.3) is 0 Å². The summed E-state index contributed by atoms with van der Waals surface area (Å²) in [6.07, 6.45) is 2.06. The average Bonchev–Trinajstić information content (AvgIpc) is 2.49. The van der Waals surface area contributed by atoms with Crippen LogP contribution in [0, 0.1) is 0 Å². The lowest BCUT2D eigenvalue weighted by Gasteiger charge is -2.21. The van der Waals surface area contributed by atoms with Crippen LogP contribution >= 0.6 is 7.60 Å². The highest BCUT2D eigenvalue weighted by Crippen LogP contribution is 2.44. The van der Waals surface area contributed by atoms with Crippen molar-refractivity contribution in [3.63, 3.8) is 0 Å². The molecule has 2 aromatic carbocycles. The molecule has 5 heteroatoms. The molecule has 0 amide bonds. The summed E-state index contributed by atoms with van der Waals surface area (Å²) in [6, 6.07) is 16.5. The number of ether oxygens (including phenoxy) is 1. The average molecular weight is 320 g/mol. The number of rotatable bonds is 7. The lowest BCUT2D eigenvalue weighted by atomic mass is 10.0. The molecule has 0 aliphatic rings. The Morgan fingerprint density at radius 2 is 1.59 bits per heavy atom. The predicted octanol–water partition coefficient (Wildman–Crippen LogP) is 3.76. The molecule has 0 radical (unpaired) electrons. The van der Waals surface area contributed by atoms with Gasteiger partial charge in [-0.2, -0.15) is 0 Å². The first-order valence-corrected chi connectivity index (χ1v) is 9.02. The SMILES string of the molecule is CCCc1ccccc1CC(Oc1ccccc1)P(=O)(O)O. The van der Waals surface area contributed by atoms with Crippen LogP contribution in [0.2, 0.25) is 0 Å². The Labute approximate surface area is 130 Å². The molecule has 0 aliphatic heterocycles. The fourth-order valence-electron chi connectivity index (χ4n) is 2.34. The first-order valence-electron chi connectivity index (χ1n) is 7.34. The third kappa shape index (κ3) is 4.70. The zero-order valence-corrected chi connectivity index (χ0v) is 13.4. The number of hydrogen-bond acceptors (Lipinski definition) is 2. The molecule has 0 heterocycles. The lowest BCUT2D eigenvalue weighted by Crippen LogP contribution is -2.20. The molecule has 0 saturated carbocycles. The maximum Gasteiger partial charge on any atom is 0.366 e. The highest BCUT2D eigenvalue weighted by Gasteiger charge is 2.31. The largest absolute Gasteiger partial charge is 0.477 e. The Balaban J connectivity index is 2.23. The smallest absolute Gasteiger partial charge is 0.366 e. The van der Waals surface area contributed by atoms with Crippen LogP contribution in [0.5, 0.6) is 5.75 Å². The maximum atomic E-state index is 11.8. The van der Waals surface area contributed by atoms with E-state index in [9.17, 15) is 14.4 Å². The summed E-state index contributed by atoms with van der Waals surface area (Å²) in [4.78, 5) is 19.2. The van der Waals surface area contributed by atoms with Gasteiger partial charge in [0, 0.05) is 6.42 Å². The van der Waals surface area contributed by atoms with Crippen LogP contribution in [0.3, 0.4) is 0 Å². The van der Waals surface area contributed by atoms with Crippen molar-refractivity contribution < 1.29 is 19.1 Å². The van der Waals surface area contributed by atoms with Crippen molar-refractivity contribution in [2.45, 2.75) is 32.0 Å². The third-order valence-electron chi connectivity index (χ3n) is 3.42. The number of benzene rings is 2. The molecule has 0 aromatic heterocycles. The van der Waals surface area contributed by atoms with Gasteiger partial charge in [-0.3, -0.25) is 4.57 Å². The first kappa shape index (κ1) is 16.8. The van der Waals surface area contributed by atoms with Crippen LogP contribution in [-0.2, 0) is 17.4 Å². The molecule has 22 heavy (non-hydrogen) atoms. The molecule has 2 aromatic rings. The van der Waals surface area contributed by atoms with Crippen LogP contribution in [0.25, 0.3) is 0 Å². The second-order valence-electron chi connectivity index (χ2n) is 5.20. The van der Waals surface area contributed by atoms with E-state index in [0.717, 1.165) is 24.0 Å². The van der Waals surface area contributed by atoms with Gasteiger partial charge in [0.1, 0.15) is 5.75 Å². The topological polar surface area (TPSA) is 66.8 Å². The molecule has 0 saturated heterocycles. The molecule has 2 N–H and O–H groups in total. The van der Waals surface area contributed by atoms with Crippen LogP contribution in [0.4, 0.5) is 0 Å². The van der Waals surface area contributed by atoms with Crippen molar-refractivity contribution in [3.8, 4) is 5.75 Å². The van der Waals surface area contributed by atoms with Crippen LogP contribution in [0.15, 0.2) is 54.6 Å². The van der Waals surface area contributed by atoms with E-state index < -0.39 is 13.4 Å². The molecule has 1 unspecified atom stereocenters. The quantitative estimate of drug-likeness (QED) is 0.762. The molecule has 2 rings (SSSR count). The van der Waals surface area contributed by atoms with Crippen molar-refractivity contribution in [1.29, 1.82) is 0 Å². The molecule has 0 bridgehead atoms. The van der Waals surface area contributed by atoms with Crippen LogP contribution < -0.4 is 4.74 Å². The van der Waals surface area contributed by atoms with E-state index in [1.165, 1.54) is 0 Å². The van der Waals surface area contributed by atoms with Gasteiger partial charge >= 0.3 is 7.60 Å². The van der Waals surface area contributed by atoms with Crippen molar-refractivity contribution in [2.75, 3.05) is 0 Å². The summed E-state index contributed by atoms with van der Waals surface area (Å²) < 4.78 is 17.3. The third-order valence-corrected chi connectivity index (χ3v) is 4.46. The number of aryl methyl sites for hydroxylation is 1. The summed E-state index contributed by atoms with van der Waals surface area (Å²) in [5, 5.41) is 0. The Morgan fingerprint density at radius 3 is 2.18 bits per heavy atom. The maximum absolute atomic E-state index is 11.8. The van der Waals surface area contributed by atoms with Crippen LogP contribution in [-0.4, -0.2) is 15.6 Å². The van der Waals surface area contributed by atoms with Gasteiger partial charge in [-0.25, -0.2) is 0 Å². The summed E-state index contributed by atoms with van der Waals surface area (Å²) in [6.45, 7) is 2.08. The van der Waals surface area contributed by atoms with Gasteiger partial charge in [-0.05, 0) is 29.7 Å². The Morgan fingerprint density at radius 1 is 1.00 bits per heavy atom. The van der Waals surface area contributed by atoms with E-state index >= 15 is 0 Å². The summed E-state index contributed by atoms with van der Waals surface area (Å²) in [5.74, 6) is -0.711. The van der Waals surface area contributed by atoms with Crippen molar-refractivity contribution in [2.24, 2.45) is 0 Å². The van der Waals surface area contributed by atoms with Gasteiger partial charge in [-0.15, -0.1) is 0 Å². The van der Waals surface area contributed by atoms with E-state index in [1.54, 1.807) is 24.3 Å². The van der Waals surface area contributed by atoms with Crippen LogP contribution in [0.1, 0.15) is 24.5 Å². The lowest BCUT2D eigenvalue weighted by molar-refractivity contribution is 0.222. The van der Waals surface area contributed by atoms with E-state index in [2.05, 4.69) is 6.92 Å². The Kier molecular flexibility index (Phi) is 5.78.